The highest BCUT2D eigenvalue weighted by atomic mass is 35.5. The minimum Gasteiger partial charge on any atom is -0.455 e. The van der Waals surface area contributed by atoms with Crippen molar-refractivity contribution in [3.8, 4) is 5.75 Å². The molecule has 2 aromatic carbocycles. The second-order valence-electron chi connectivity index (χ2n) is 4.96. The van der Waals surface area contributed by atoms with E-state index in [9.17, 15) is 22.8 Å². The number of hydrogen-bond donors (Lipinski definition) is 1. The monoisotopic (exact) mass is 387 g/mol. The average Bonchev–Trinajstić information content (AvgIpc) is 2.58. The Labute approximate surface area is 151 Å². The molecule has 26 heavy (non-hydrogen) atoms. The topological polar surface area (TPSA) is 64.6 Å². The highest BCUT2D eigenvalue weighted by Gasteiger charge is 2.16. The van der Waals surface area contributed by atoms with Crippen molar-refractivity contribution < 1.29 is 32.2 Å². The zero-order valence-electron chi connectivity index (χ0n) is 13.2. The fourth-order valence-corrected chi connectivity index (χ4v) is 2.23. The van der Waals surface area contributed by atoms with E-state index < -0.39 is 37.3 Å². The Bertz CT molecular complexity index is 781. The number of rotatable bonds is 7. The van der Waals surface area contributed by atoms with Gasteiger partial charge >= 0.3 is 12.6 Å². The van der Waals surface area contributed by atoms with E-state index in [1.807, 2.05) is 0 Å². The lowest BCUT2D eigenvalue weighted by Crippen LogP contribution is -2.22. The van der Waals surface area contributed by atoms with E-state index in [0.29, 0.717) is 0 Å². The third-order valence-electron chi connectivity index (χ3n) is 3.12. The Kier molecular flexibility index (Phi) is 6.85. The molecule has 9 heteroatoms. The number of carbonyl (C=O) groups is 2. The summed E-state index contributed by atoms with van der Waals surface area (Å²) in [5.41, 5.74) is -0.0544. The minimum absolute atomic E-state index is 0.00834. The molecule has 1 amide bonds. The van der Waals surface area contributed by atoms with Crippen molar-refractivity contribution in [2.24, 2.45) is 0 Å². The van der Waals surface area contributed by atoms with Gasteiger partial charge in [-0.25, -0.2) is 4.39 Å². The van der Waals surface area contributed by atoms with Crippen LogP contribution in [-0.4, -0.2) is 25.1 Å². The summed E-state index contributed by atoms with van der Waals surface area (Å²) >= 11 is 5.80. The van der Waals surface area contributed by atoms with Crippen molar-refractivity contribution >= 4 is 29.2 Å². The molecular weight excluding hydrogens is 375 g/mol. The third kappa shape index (κ3) is 5.66. The molecule has 0 fully saturated rings. The first-order valence-corrected chi connectivity index (χ1v) is 7.67. The van der Waals surface area contributed by atoms with Crippen LogP contribution in [-0.2, 0) is 20.7 Å². The number of hydrogen-bond acceptors (Lipinski definition) is 4. The largest absolute Gasteiger partial charge is 0.455 e. The minimum atomic E-state index is -3.06. The smallest absolute Gasteiger partial charge is 0.387 e. The van der Waals surface area contributed by atoms with E-state index in [2.05, 4.69) is 10.1 Å². The molecule has 1 N–H and O–H groups in total. The molecule has 2 rings (SSSR count). The molecule has 0 radical (unpaired) electrons. The molecule has 0 bridgehead atoms. The van der Waals surface area contributed by atoms with E-state index in [0.717, 1.165) is 6.07 Å². The Morgan fingerprint density at radius 3 is 2.54 bits per heavy atom. The van der Waals surface area contributed by atoms with Gasteiger partial charge in [-0.2, -0.15) is 8.78 Å². The zero-order valence-corrected chi connectivity index (χ0v) is 13.9. The predicted molar refractivity (Wildman–Crippen MR) is 87.8 cm³/mol. The number of para-hydroxylation sites is 2. The van der Waals surface area contributed by atoms with Crippen LogP contribution < -0.4 is 10.1 Å². The Morgan fingerprint density at radius 1 is 1.12 bits per heavy atom. The van der Waals surface area contributed by atoms with Gasteiger partial charge in [-0.05, 0) is 24.3 Å². The molecule has 2 aromatic rings. The van der Waals surface area contributed by atoms with E-state index in [1.165, 1.54) is 36.4 Å². The van der Waals surface area contributed by atoms with E-state index >= 15 is 0 Å². The van der Waals surface area contributed by atoms with Gasteiger partial charge in [-0.3, -0.25) is 9.59 Å². The molecule has 5 nitrogen and oxygen atoms in total. The standard InChI is InChI=1S/C17H13ClF3NO4/c18-11-4-3-5-12(19)10(11)8-16(24)25-9-15(23)22-13-6-1-2-7-14(13)26-17(20)21/h1-7,17H,8-9H2,(H,22,23). The maximum Gasteiger partial charge on any atom is 0.387 e. The molecular formula is C17H13ClF3NO4. The van der Waals surface area contributed by atoms with Crippen LogP contribution in [0.2, 0.25) is 5.02 Å². The molecule has 0 heterocycles. The fraction of sp³-hybridized carbons (Fsp3) is 0.176. The third-order valence-corrected chi connectivity index (χ3v) is 3.48. The first kappa shape index (κ1) is 19.6. The summed E-state index contributed by atoms with van der Waals surface area (Å²) in [7, 11) is 0. The van der Waals surface area contributed by atoms with Crippen molar-refractivity contribution in [2.75, 3.05) is 11.9 Å². The van der Waals surface area contributed by atoms with Gasteiger partial charge in [0.05, 0.1) is 12.1 Å². The summed E-state index contributed by atoms with van der Waals surface area (Å²) in [6.45, 7) is -3.75. The molecule has 0 aromatic heterocycles. The van der Waals surface area contributed by atoms with Crippen molar-refractivity contribution in [3.63, 3.8) is 0 Å². The van der Waals surface area contributed by atoms with Crippen molar-refractivity contribution in [3.05, 3.63) is 58.9 Å². The maximum atomic E-state index is 13.6. The lowest BCUT2D eigenvalue weighted by molar-refractivity contribution is -0.146. The van der Waals surface area contributed by atoms with Crippen LogP contribution in [0.5, 0.6) is 5.75 Å². The molecule has 138 valence electrons. The van der Waals surface area contributed by atoms with Gasteiger partial charge in [0.15, 0.2) is 6.61 Å². The van der Waals surface area contributed by atoms with E-state index in [1.54, 1.807) is 0 Å². The van der Waals surface area contributed by atoms with Gasteiger partial charge in [-0.1, -0.05) is 29.8 Å². The van der Waals surface area contributed by atoms with Crippen LogP contribution in [0.25, 0.3) is 0 Å². The zero-order chi connectivity index (χ0) is 19.1. The van der Waals surface area contributed by atoms with Crippen molar-refractivity contribution in [1.29, 1.82) is 0 Å². The normalized spacial score (nSPS) is 10.5. The quantitative estimate of drug-likeness (QED) is 0.734. The molecule has 0 spiro atoms. The number of ether oxygens (including phenoxy) is 2. The number of anilines is 1. The molecule has 0 unspecified atom stereocenters. The second-order valence-corrected chi connectivity index (χ2v) is 5.37. The van der Waals surface area contributed by atoms with Gasteiger partial charge in [0.1, 0.15) is 11.6 Å². The summed E-state index contributed by atoms with van der Waals surface area (Å²) in [5.74, 6) is -2.55. The number of nitrogens with one attached hydrogen (secondary N) is 1. The Hall–Kier alpha value is -2.74. The SMILES string of the molecule is O=C(COC(=O)Cc1c(F)cccc1Cl)Nc1ccccc1OC(F)F. The predicted octanol–water partition coefficient (Wildman–Crippen LogP) is 3.80. The molecule has 0 saturated heterocycles. The van der Waals surface area contributed by atoms with Crippen LogP contribution in [0.15, 0.2) is 42.5 Å². The highest BCUT2D eigenvalue weighted by Crippen LogP contribution is 2.25. The average molecular weight is 388 g/mol. The van der Waals surface area contributed by atoms with Gasteiger partial charge in [0.25, 0.3) is 5.91 Å². The first-order valence-electron chi connectivity index (χ1n) is 7.29. The molecule has 0 atom stereocenters. The van der Waals surface area contributed by atoms with Crippen LogP contribution in [0, 0.1) is 5.82 Å². The maximum absolute atomic E-state index is 13.6. The van der Waals surface area contributed by atoms with Crippen LogP contribution >= 0.6 is 11.6 Å². The van der Waals surface area contributed by atoms with E-state index in [4.69, 9.17) is 16.3 Å². The lowest BCUT2D eigenvalue weighted by atomic mass is 10.1. The lowest BCUT2D eigenvalue weighted by Gasteiger charge is -2.12. The summed E-state index contributed by atoms with van der Waals surface area (Å²) < 4.78 is 47.2. The summed E-state index contributed by atoms with van der Waals surface area (Å²) in [4.78, 5) is 23.5. The number of carbonyl (C=O) groups excluding carboxylic acids is 2. The number of esters is 1. The summed E-state index contributed by atoms with van der Waals surface area (Å²) in [6, 6.07) is 9.48. The Balaban J connectivity index is 1.90. The van der Waals surface area contributed by atoms with Crippen LogP contribution in [0.3, 0.4) is 0 Å². The number of halogens is 4. The number of amides is 1. The molecule has 0 aliphatic rings. The van der Waals surface area contributed by atoms with Gasteiger partial charge < -0.3 is 14.8 Å². The van der Waals surface area contributed by atoms with Crippen LogP contribution in [0.4, 0.5) is 18.9 Å². The molecule has 0 aliphatic carbocycles. The van der Waals surface area contributed by atoms with Gasteiger partial charge in [-0.15, -0.1) is 0 Å². The van der Waals surface area contributed by atoms with Gasteiger partial charge in [0.2, 0.25) is 0 Å². The highest BCUT2D eigenvalue weighted by molar-refractivity contribution is 6.31. The van der Waals surface area contributed by atoms with Crippen molar-refractivity contribution in [1.82, 2.24) is 0 Å². The molecule has 0 aliphatic heterocycles. The number of benzene rings is 2. The summed E-state index contributed by atoms with van der Waals surface area (Å²) in [5, 5.41) is 2.34. The molecule has 0 saturated carbocycles. The van der Waals surface area contributed by atoms with Gasteiger partial charge in [0, 0.05) is 10.6 Å². The first-order chi connectivity index (χ1) is 12.4. The van der Waals surface area contributed by atoms with Crippen molar-refractivity contribution in [2.45, 2.75) is 13.0 Å². The Morgan fingerprint density at radius 2 is 1.85 bits per heavy atom. The number of alkyl halides is 2. The summed E-state index contributed by atoms with van der Waals surface area (Å²) in [6.07, 6.45) is -0.454. The van der Waals surface area contributed by atoms with E-state index in [-0.39, 0.29) is 22.0 Å². The second kappa shape index (κ2) is 9.10. The van der Waals surface area contributed by atoms with Crippen LogP contribution in [0.1, 0.15) is 5.56 Å². The fourth-order valence-electron chi connectivity index (χ4n) is 2.00.